The molecule has 0 aromatic heterocycles. The first kappa shape index (κ1) is 30.1. The Kier molecular flexibility index (Phi) is 131. The Morgan fingerprint density at radius 2 is 1.00 bits per heavy atom. The van der Waals surface area contributed by atoms with Crippen molar-refractivity contribution in [2.45, 2.75) is 0 Å². The van der Waals surface area contributed by atoms with E-state index in [1.807, 2.05) is 0 Å². The molecule has 0 nitrogen and oxygen atoms in total. The molecule has 0 heterocycles. The fourth-order valence-corrected chi connectivity index (χ4v) is 0. The first-order valence-corrected chi connectivity index (χ1v) is 0. The van der Waals surface area contributed by atoms with Crippen LogP contribution in [0.4, 0.5) is 0 Å². The molecule has 0 spiro atoms. The summed E-state index contributed by atoms with van der Waals surface area (Å²) in [7, 11) is 0. The van der Waals surface area contributed by atoms with E-state index < -0.39 is 0 Å². The van der Waals surface area contributed by atoms with Gasteiger partial charge in [-0.3, -0.25) is 0 Å². The van der Waals surface area contributed by atoms with Crippen LogP contribution in [0.2, 0.25) is 0 Å². The summed E-state index contributed by atoms with van der Waals surface area (Å²) in [5.41, 5.74) is 0. The molecule has 4 heavy (non-hydrogen) atoms. The summed E-state index contributed by atoms with van der Waals surface area (Å²) in [4.78, 5) is 0. The average Bonchev–Trinajstić information content (AvgIpc) is 0. The zero-order chi connectivity index (χ0) is 0. The Morgan fingerprint density at radius 3 is 1.00 bits per heavy atom. The van der Waals surface area contributed by atoms with Gasteiger partial charge in [0.05, 0.1) is 0 Å². The Morgan fingerprint density at radius 1 is 1.00 bits per heavy atom. The fourth-order valence-electron chi connectivity index (χ4n) is 0. The molecule has 26 valence electrons. The van der Waals surface area contributed by atoms with Gasteiger partial charge in [-0.05, 0) is 0 Å². The average molecular weight is 428 g/mol. The van der Waals surface area contributed by atoms with E-state index in [-0.39, 0.29) is 82.3 Å². The topological polar surface area (TPSA) is 0 Å². The summed E-state index contributed by atoms with van der Waals surface area (Å²) >= 11 is 0. The van der Waals surface area contributed by atoms with Gasteiger partial charge in [-0.15, -0.1) is 0 Å². The first-order valence-electron chi connectivity index (χ1n) is 0. The van der Waals surface area contributed by atoms with Gasteiger partial charge >= 0.3 is 0 Å². The number of hydrogen-bond donors (Lipinski definition) is 0. The van der Waals surface area contributed by atoms with Crippen LogP contribution in [0.25, 0.3) is 0 Å². The monoisotopic (exact) mass is 430 g/mol. The molecule has 0 unspecified atom stereocenters. The van der Waals surface area contributed by atoms with Gasteiger partial charge in [-0.25, -0.2) is 0 Å². The van der Waals surface area contributed by atoms with Crippen LogP contribution in [0.5, 0.6) is 0 Å². The molecule has 0 aliphatic rings. The third-order valence-electron chi connectivity index (χ3n) is 0. The van der Waals surface area contributed by atoms with Crippen molar-refractivity contribution in [2.24, 2.45) is 0 Å². The summed E-state index contributed by atoms with van der Waals surface area (Å²) in [6, 6.07) is 0. The van der Waals surface area contributed by atoms with Crippen LogP contribution in [0.15, 0.2) is 0 Å². The van der Waals surface area contributed by atoms with Crippen LogP contribution in [-0.4, -0.2) is 0 Å². The van der Waals surface area contributed by atoms with Crippen LogP contribution >= 0.6 is 0 Å². The smallest absolute Gasteiger partial charge is 0 e. The summed E-state index contributed by atoms with van der Waals surface area (Å²) in [6.07, 6.45) is 0. The fraction of sp³-hybridized carbons (Fsp3) is 0. The van der Waals surface area contributed by atoms with Crippen LogP contribution in [0.1, 0.15) is 0 Å². The van der Waals surface area contributed by atoms with E-state index in [0.717, 1.165) is 0 Å². The van der Waals surface area contributed by atoms with Crippen molar-refractivity contribution < 1.29 is 82.3 Å². The Balaban J connectivity index is 0. The van der Waals surface area contributed by atoms with E-state index in [9.17, 15) is 0 Å². The molecule has 0 bridgehead atoms. The van der Waals surface area contributed by atoms with E-state index in [2.05, 4.69) is 0 Å². The molecule has 0 aliphatic carbocycles. The second kappa shape index (κ2) is 17.4. The van der Waals surface area contributed by atoms with Crippen molar-refractivity contribution in [3.05, 3.63) is 0 Å². The standard InChI is InChI=1S/Mo.Nb.Ni.Ta. The van der Waals surface area contributed by atoms with Gasteiger partial charge in [0.1, 0.15) is 0 Å². The Bertz CT molecular complexity index is 8.00. The first-order chi connectivity index (χ1) is 0. The quantitative estimate of drug-likeness (QED) is 0.477. The van der Waals surface area contributed by atoms with E-state index in [1.54, 1.807) is 0 Å². The van der Waals surface area contributed by atoms with E-state index in [0.29, 0.717) is 0 Å². The maximum atomic E-state index is 0. The second-order valence-corrected chi connectivity index (χ2v) is 0. The molecule has 0 atom stereocenters. The molecule has 4 heteroatoms. The van der Waals surface area contributed by atoms with Gasteiger partial charge in [0, 0.05) is 82.3 Å². The maximum Gasteiger partial charge on any atom is 0 e. The van der Waals surface area contributed by atoms with Crippen LogP contribution in [0, 0.1) is 0 Å². The van der Waals surface area contributed by atoms with Gasteiger partial charge in [0.2, 0.25) is 0 Å². The second-order valence-electron chi connectivity index (χ2n) is 0. The van der Waals surface area contributed by atoms with Crippen LogP contribution in [-0.2, 0) is 82.3 Å². The van der Waals surface area contributed by atoms with Gasteiger partial charge in [0.15, 0.2) is 0 Å². The van der Waals surface area contributed by atoms with Crippen molar-refractivity contribution in [1.82, 2.24) is 0 Å². The molecule has 0 aromatic rings. The van der Waals surface area contributed by atoms with E-state index in [4.69, 9.17) is 0 Å². The van der Waals surface area contributed by atoms with Gasteiger partial charge in [-0.2, -0.15) is 0 Å². The minimum Gasteiger partial charge on any atom is 0 e. The normalized spacial score (nSPS) is 0. The predicted molar refractivity (Wildman–Crippen MR) is 0 cm³/mol. The van der Waals surface area contributed by atoms with Gasteiger partial charge in [0.25, 0.3) is 0 Å². The zero-order valence-electron chi connectivity index (χ0n) is 1.62. The molecule has 2 radical (unpaired) electrons. The molecular formula is MoNbNiTa. The summed E-state index contributed by atoms with van der Waals surface area (Å²) in [5.74, 6) is 0. The summed E-state index contributed by atoms with van der Waals surface area (Å²) in [6.45, 7) is 0. The van der Waals surface area contributed by atoms with Crippen LogP contribution in [0.3, 0.4) is 0 Å². The molecule has 0 aliphatic heterocycles. The molecular weight excluding hydrogens is 428 g/mol. The molecule has 0 aromatic carbocycles. The SMILES string of the molecule is [Mo].[Nb].[Ni].[Ta]. The molecule has 0 N–H and O–H groups in total. The summed E-state index contributed by atoms with van der Waals surface area (Å²) in [5, 5.41) is 0. The van der Waals surface area contributed by atoms with Crippen molar-refractivity contribution in [3.8, 4) is 0 Å². The maximum absolute atomic E-state index is 0. The largest absolute Gasteiger partial charge is 0 e. The van der Waals surface area contributed by atoms with E-state index in [1.165, 1.54) is 0 Å². The molecule has 0 fully saturated rings. The Labute approximate surface area is 81.1 Å². The molecule has 0 saturated heterocycles. The van der Waals surface area contributed by atoms with Crippen molar-refractivity contribution in [2.75, 3.05) is 0 Å². The Hall–Kier alpha value is 2.66. The summed E-state index contributed by atoms with van der Waals surface area (Å²) < 4.78 is 0. The number of hydrogen-bond acceptors (Lipinski definition) is 0. The third kappa shape index (κ3) is 8.82. The molecule has 0 saturated carbocycles. The van der Waals surface area contributed by atoms with Gasteiger partial charge in [-0.1, -0.05) is 0 Å². The van der Waals surface area contributed by atoms with Gasteiger partial charge < -0.3 is 0 Å². The number of rotatable bonds is 0. The minimum atomic E-state index is 0. The predicted octanol–water partition coefficient (Wildman–Crippen LogP) is -0.0100. The molecule has 0 amide bonds. The van der Waals surface area contributed by atoms with Crippen molar-refractivity contribution in [1.29, 1.82) is 0 Å². The zero-order valence-corrected chi connectivity index (χ0v) is 10.0. The van der Waals surface area contributed by atoms with E-state index >= 15 is 0 Å². The van der Waals surface area contributed by atoms with Crippen molar-refractivity contribution >= 4 is 0 Å². The third-order valence-corrected chi connectivity index (χ3v) is 0. The molecule has 0 rings (SSSR count). The minimum absolute atomic E-state index is 0. The van der Waals surface area contributed by atoms with Crippen molar-refractivity contribution in [3.63, 3.8) is 0 Å². The van der Waals surface area contributed by atoms with Crippen LogP contribution < -0.4 is 0 Å².